The van der Waals surface area contributed by atoms with E-state index in [9.17, 15) is 12.8 Å². The average molecular weight is 290 g/mol. The van der Waals surface area contributed by atoms with Gasteiger partial charge in [-0.1, -0.05) is 6.07 Å². The summed E-state index contributed by atoms with van der Waals surface area (Å²) in [5.41, 5.74) is 0.349. The highest BCUT2D eigenvalue weighted by Gasteiger charge is 2.22. The van der Waals surface area contributed by atoms with Crippen LogP contribution in [0.2, 0.25) is 0 Å². The fraction of sp³-hybridized carbons (Fsp3) is 0.500. The highest BCUT2D eigenvalue weighted by atomic mass is 32.2. The smallest absolute Gasteiger partial charge is 0.243 e. The Morgan fingerprint density at radius 2 is 2.05 bits per heavy atom. The van der Waals surface area contributed by atoms with E-state index in [1.165, 1.54) is 6.07 Å². The molecule has 1 aromatic carbocycles. The molecule has 0 aliphatic rings. The van der Waals surface area contributed by atoms with Crippen molar-refractivity contribution in [2.24, 2.45) is 0 Å². The Kier molecular flexibility index (Phi) is 5.42. The van der Waals surface area contributed by atoms with Crippen LogP contribution in [0, 0.1) is 5.82 Å². The number of aliphatic hydroxyl groups is 1. The molecule has 108 valence electrons. The van der Waals surface area contributed by atoms with Gasteiger partial charge in [0, 0.05) is 12.6 Å². The predicted molar refractivity (Wildman–Crippen MR) is 70.7 cm³/mol. The van der Waals surface area contributed by atoms with Crippen molar-refractivity contribution in [2.45, 2.75) is 24.5 Å². The van der Waals surface area contributed by atoms with Crippen LogP contribution in [0.15, 0.2) is 23.1 Å². The van der Waals surface area contributed by atoms with Crippen LogP contribution in [0.1, 0.15) is 12.5 Å². The van der Waals surface area contributed by atoms with Crippen molar-refractivity contribution in [2.75, 3.05) is 20.6 Å². The van der Waals surface area contributed by atoms with Crippen molar-refractivity contribution in [3.63, 3.8) is 0 Å². The summed E-state index contributed by atoms with van der Waals surface area (Å²) < 4.78 is 40.1. The standard InChI is InChI=1S/C12H19FN2O3S/c1-9(7-15(2)3)14-19(17,18)12-6-10(8-16)4-5-11(12)13/h4-6,9,14,16H,7-8H2,1-3H3. The Morgan fingerprint density at radius 3 is 2.58 bits per heavy atom. The Balaban J connectivity index is 3.00. The first-order chi connectivity index (χ1) is 8.76. The zero-order valence-electron chi connectivity index (χ0n) is 11.2. The largest absolute Gasteiger partial charge is 0.392 e. The van der Waals surface area contributed by atoms with Gasteiger partial charge in [-0.3, -0.25) is 0 Å². The topological polar surface area (TPSA) is 69.6 Å². The molecule has 2 N–H and O–H groups in total. The maximum atomic E-state index is 13.6. The second-order valence-electron chi connectivity index (χ2n) is 4.71. The van der Waals surface area contributed by atoms with Crippen LogP contribution >= 0.6 is 0 Å². The summed E-state index contributed by atoms with van der Waals surface area (Å²) in [6, 6.07) is 3.17. The summed E-state index contributed by atoms with van der Waals surface area (Å²) in [7, 11) is -0.297. The molecule has 0 bridgehead atoms. The molecule has 1 unspecified atom stereocenters. The molecule has 1 aromatic rings. The number of benzene rings is 1. The summed E-state index contributed by atoms with van der Waals surface area (Å²) >= 11 is 0. The molecule has 0 fully saturated rings. The minimum atomic E-state index is -3.93. The van der Waals surface area contributed by atoms with Crippen molar-refractivity contribution < 1.29 is 17.9 Å². The van der Waals surface area contributed by atoms with Gasteiger partial charge in [-0.2, -0.15) is 0 Å². The molecule has 0 heterocycles. The van der Waals surface area contributed by atoms with Gasteiger partial charge in [-0.25, -0.2) is 17.5 Å². The van der Waals surface area contributed by atoms with E-state index >= 15 is 0 Å². The van der Waals surface area contributed by atoms with E-state index in [2.05, 4.69) is 4.72 Å². The first kappa shape index (κ1) is 16.0. The Hall–Kier alpha value is -1.02. The molecular weight excluding hydrogens is 271 g/mol. The Morgan fingerprint density at radius 1 is 1.42 bits per heavy atom. The molecule has 19 heavy (non-hydrogen) atoms. The van der Waals surface area contributed by atoms with Crippen molar-refractivity contribution >= 4 is 10.0 Å². The first-order valence-corrected chi connectivity index (χ1v) is 7.31. The van der Waals surface area contributed by atoms with Gasteiger partial charge in [-0.15, -0.1) is 0 Å². The monoisotopic (exact) mass is 290 g/mol. The minimum Gasteiger partial charge on any atom is -0.392 e. The summed E-state index contributed by atoms with van der Waals surface area (Å²) in [5.74, 6) is -0.832. The molecule has 1 atom stereocenters. The molecule has 0 aliphatic heterocycles. The summed E-state index contributed by atoms with van der Waals surface area (Å²) in [6.45, 7) is 1.86. The molecule has 0 saturated heterocycles. The molecule has 0 radical (unpaired) electrons. The van der Waals surface area contributed by atoms with Crippen molar-refractivity contribution in [1.29, 1.82) is 0 Å². The molecule has 0 aromatic heterocycles. The first-order valence-electron chi connectivity index (χ1n) is 5.82. The fourth-order valence-corrected chi connectivity index (χ4v) is 3.13. The van der Waals surface area contributed by atoms with E-state index in [0.717, 1.165) is 12.1 Å². The quantitative estimate of drug-likeness (QED) is 0.802. The number of aliphatic hydroxyl groups excluding tert-OH is 1. The predicted octanol–water partition coefficient (Wildman–Crippen LogP) is 0.546. The van der Waals surface area contributed by atoms with Gasteiger partial charge >= 0.3 is 0 Å². The SMILES string of the molecule is CC(CN(C)C)NS(=O)(=O)c1cc(CO)ccc1F. The molecule has 5 nitrogen and oxygen atoms in total. The third-order valence-corrected chi connectivity index (χ3v) is 4.07. The van der Waals surface area contributed by atoms with Crippen LogP contribution in [-0.2, 0) is 16.6 Å². The lowest BCUT2D eigenvalue weighted by Gasteiger charge is -2.18. The average Bonchev–Trinajstić information content (AvgIpc) is 2.27. The van der Waals surface area contributed by atoms with E-state index in [1.807, 2.05) is 19.0 Å². The second-order valence-corrected chi connectivity index (χ2v) is 6.39. The lowest BCUT2D eigenvalue weighted by molar-refractivity contribution is 0.281. The van der Waals surface area contributed by atoms with Gasteiger partial charge < -0.3 is 10.0 Å². The normalized spacial score (nSPS) is 13.8. The van der Waals surface area contributed by atoms with Gasteiger partial charge in [0.1, 0.15) is 10.7 Å². The molecule has 0 saturated carbocycles. The number of sulfonamides is 1. The molecular formula is C12H19FN2O3S. The summed E-state index contributed by atoms with van der Waals surface area (Å²) in [4.78, 5) is 1.39. The van der Waals surface area contributed by atoms with Crippen molar-refractivity contribution in [3.05, 3.63) is 29.6 Å². The maximum Gasteiger partial charge on any atom is 0.243 e. The number of hydrogen-bond donors (Lipinski definition) is 2. The molecule has 0 aliphatic carbocycles. The zero-order chi connectivity index (χ0) is 14.6. The molecule has 0 spiro atoms. The van der Waals surface area contributed by atoms with Crippen LogP contribution in [0.3, 0.4) is 0 Å². The van der Waals surface area contributed by atoms with Gasteiger partial charge in [0.05, 0.1) is 6.61 Å². The molecule has 7 heteroatoms. The van der Waals surface area contributed by atoms with Crippen LogP contribution in [-0.4, -0.2) is 45.1 Å². The highest BCUT2D eigenvalue weighted by Crippen LogP contribution is 2.16. The van der Waals surface area contributed by atoms with Crippen molar-refractivity contribution in [1.82, 2.24) is 9.62 Å². The zero-order valence-corrected chi connectivity index (χ0v) is 12.0. The lowest BCUT2D eigenvalue weighted by atomic mass is 10.2. The number of nitrogens with zero attached hydrogens (tertiary/aromatic N) is 1. The molecule has 0 amide bonds. The number of rotatable bonds is 6. The van der Waals surface area contributed by atoms with Crippen LogP contribution in [0.25, 0.3) is 0 Å². The maximum absolute atomic E-state index is 13.6. The Bertz CT molecular complexity index is 532. The second kappa shape index (κ2) is 6.42. The van der Waals surface area contributed by atoms with Gasteiger partial charge in [0.2, 0.25) is 10.0 Å². The summed E-state index contributed by atoms with van der Waals surface area (Å²) in [5, 5.41) is 8.98. The van der Waals surface area contributed by atoms with Crippen molar-refractivity contribution in [3.8, 4) is 0 Å². The van der Waals surface area contributed by atoms with E-state index < -0.39 is 20.7 Å². The van der Waals surface area contributed by atoms with E-state index in [0.29, 0.717) is 12.1 Å². The van der Waals surface area contributed by atoms with Crippen LogP contribution in [0.5, 0.6) is 0 Å². The van der Waals surface area contributed by atoms with E-state index in [1.54, 1.807) is 6.92 Å². The van der Waals surface area contributed by atoms with Crippen LogP contribution in [0.4, 0.5) is 4.39 Å². The van der Waals surface area contributed by atoms with Gasteiger partial charge in [-0.05, 0) is 38.7 Å². The lowest BCUT2D eigenvalue weighted by Crippen LogP contribution is -2.39. The van der Waals surface area contributed by atoms with Gasteiger partial charge in [0.15, 0.2) is 0 Å². The highest BCUT2D eigenvalue weighted by molar-refractivity contribution is 7.89. The third kappa shape index (κ3) is 4.54. The number of halogens is 1. The molecule has 1 rings (SSSR count). The number of hydrogen-bond acceptors (Lipinski definition) is 4. The van der Waals surface area contributed by atoms with E-state index in [-0.39, 0.29) is 12.6 Å². The number of nitrogens with one attached hydrogen (secondary N) is 1. The fourth-order valence-electron chi connectivity index (χ4n) is 1.77. The minimum absolute atomic E-state index is 0.337. The van der Waals surface area contributed by atoms with E-state index in [4.69, 9.17) is 5.11 Å². The Labute approximate surface area is 113 Å². The third-order valence-electron chi connectivity index (χ3n) is 2.46. The summed E-state index contributed by atoms with van der Waals surface area (Å²) in [6.07, 6.45) is 0. The number of likely N-dealkylation sites (N-methyl/N-ethyl adjacent to an activating group) is 1. The van der Waals surface area contributed by atoms with Crippen LogP contribution < -0.4 is 4.72 Å². The van der Waals surface area contributed by atoms with Gasteiger partial charge in [0.25, 0.3) is 0 Å².